The smallest absolute Gasteiger partial charge is 0.256 e. The molecule has 0 bridgehead atoms. The molecule has 128 valence electrons. The molecule has 2 aromatic carbocycles. The highest BCUT2D eigenvalue weighted by Crippen LogP contribution is 2.35. The molecule has 0 aliphatic carbocycles. The second-order valence-corrected chi connectivity index (χ2v) is 6.96. The number of ether oxygens (including phenoxy) is 1. The predicted octanol–water partition coefficient (Wildman–Crippen LogP) is 2.39. The van der Waals surface area contributed by atoms with Crippen LogP contribution in [0.3, 0.4) is 0 Å². The topological polar surface area (TPSA) is 98.5 Å². The summed E-state index contributed by atoms with van der Waals surface area (Å²) in [6, 6.07) is 11.5. The minimum absolute atomic E-state index is 0.0511. The fourth-order valence-corrected chi connectivity index (χ4v) is 3.06. The van der Waals surface area contributed by atoms with Crippen molar-refractivity contribution in [3.63, 3.8) is 0 Å². The number of hydrogen-bond acceptors (Lipinski definition) is 4. The Morgan fingerprint density at radius 2 is 1.96 bits per heavy atom. The molecule has 1 heterocycles. The molecule has 0 atom stereocenters. The van der Waals surface area contributed by atoms with Gasteiger partial charge in [0.05, 0.1) is 4.90 Å². The van der Waals surface area contributed by atoms with Crippen LogP contribution in [-0.4, -0.2) is 20.9 Å². The summed E-state index contributed by atoms with van der Waals surface area (Å²) in [6.45, 7) is 3.94. The zero-order valence-electron chi connectivity index (χ0n) is 13.2. The zero-order valence-corrected chi connectivity index (χ0v) is 14.0. The molecular formula is C18H16N2O4S. The third kappa shape index (κ3) is 3.47. The maximum Gasteiger partial charge on any atom is 0.256 e. The first-order valence-corrected chi connectivity index (χ1v) is 8.98. The summed E-state index contributed by atoms with van der Waals surface area (Å²) in [5.41, 5.74) is 2.06. The van der Waals surface area contributed by atoms with Gasteiger partial charge >= 0.3 is 0 Å². The van der Waals surface area contributed by atoms with E-state index in [0.717, 1.165) is 0 Å². The number of benzene rings is 2. The minimum Gasteiger partial charge on any atom is -0.489 e. The third-order valence-corrected chi connectivity index (χ3v) is 4.59. The Bertz CT molecular complexity index is 994. The van der Waals surface area contributed by atoms with Gasteiger partial charge in [-0.25, -0.2) is 13.6 Å². The molecule has 1 aliphatic rings. The quantitative estimate of drug-likeness (QED) is 0.635. The van der Waals surface area contributed by atoms with Crippen LogP contribution in [0.4, 0.5) is 5.69 Å². The molecule has 0 radical (unpaired) electrons. The number of amides is 1. The Balaban J connectivity index is 2.09. The summed E-state index contributed by atoms with van der Waals surface area (Å²) in [6.07, 6.45) is 3.28. The largest absolute Gasteiger partial charge is 0.489 e. The Morgan fingerprint density at radius 3 is 2.68 bits per heavy atom. The lowest BCUT2D eigenvalue weighted by molar-refractivity contribution is -0.110. The van der Waals surface area contributed by atoms with Gasteiger partial charge in [-0.1, -0.05) is 30.9 Å². The highest BCUT2D eigenvalue weighted by atomic mass is 32.2. The van der Waals surface area contributed by atoms with Crippen molar-refractivity contribution in [3.8, 4) is 5.75 Å². The number of nitrogens with two attached hydrogens (primary N) is 1. The van der Waals surface area contributed by atoms with Gasteiger partial charge in [-0.15, -0.1) is 0 Å². The van der Waals surface area contributed by atoms with Gasteiger partial charge in [0.1, 0.15) is 12.4 Å². The first-order valence-electron chi connectivity index (χ1n) is 7.43. The predicted molar refractivity (Wildman–Crippen MR) is 96.4 cm³/mol. The number of carbonyl (C=O) groups is 1. The van der Waals surface area contributed by atoms with E-state index in [1.54, 1.807) is 24.3 Å². The first-order chi connectivity index (χ1) is 11.9. The summed E-state index contributed by atoms with van der Waals surface area (Å²) < 4.78 is 28.7. The molecule has 1 aliphatic heterocycles. The van der Waals surface area contributed by atoms with E-state index in [0.29, 0.717) is 34.7 Å². The van der Waals surface area contributed by atoms with Crippen molar-refractivity contribution in [3.05, 3.63) is 66.2 Å². The average Bonchev–Trinajstić information content (AvgIpc) is 2.88. The highest BCUT2D eigenvalue weighted by molar-refractivity contribution is 7.89. The number of nitrogens with one attached hydrogen (secondary N) is 1. The second-order valence-electron chi connectivity index (χ2n) is 5.40. The number of primary sulfonamides is 1. The van der Waals surface area contributed by atoms with Crippen LogP contribution in [0.25, 0.3) is 11.6 Å². The van der Waals surface area contributed by atoms with Gasteiger partial charge in [0.25, 0.3) is 5.91 Å². The molecule has 2 aromatic rings. The maximum atomic E-state index is 12.3. The lowest BCUT2D eigenvalue weighted by Crippen LogP contribution is -2.12. The summed E-state index contributed by atoms with van der Waals surface area (Å²) in [5, 5.41) is 7.89. The summed E-state index contributed by atoms with van der Waals surface area (Å²) >= 11 is 0. The molecule has 6 nitrogen and oxygen atoms in total. The molecular weight excluding hydrogens is 340 g/mol. The van der Waals surface area contributed by atoms with Crippen LogP contribution >= 0.6 is 0 Å². The highest BCUT2D eigenvalue weighted by Gasteiger charge is 2.26. The van der Waals surface area contributed by atoms with E-state index in [9.17, 15) is 13.2 Å². The van der Waals surface area contributed by atoms with Crippen LogP contribution in [-0.2, 0) is 14.8 Å². The van der Waals surface area contributed by atoms with E-state index >= 15 is 0 Å². The molecule has 0 aromatic heterocycles. The van der Waals surface area contributed by atoms with Crippen molar-refractivity contribution in [2.24, 2.45) is 5.14 Å². The fraction of sp³-hybridized carbons (Fsp3) is 0.0556. The molecule has 0 saturated carbocycles. The Labute approximate surface area is 145 Å². The molecule has 7 heteroatoms. The van der Waals surface area contributed by atoms with E-state index in [-0.39, 0.29) is 10.8 Å². The van der Waals surface area contributed by atoms with Crippen LogP contribution < -0.4 is 15.2 Å². The van der Waals surface area contributed by atoms with Gasteiger partial charge in [-0.05, 0) is 30.3 Å². The number of fused-ring (bicyclic) bond motifs is 1. The van der Waals surface area contributed by atoms with Gasteiger partial charge in [0.2, 0.25) is 10.0 Å². The van der Waals surface area contributed by atoms with Gasteiger partial charge in [0, 0.05) is 22.4 Å². The van der Waals surface area contributed by atoms with E-state index in [4.69, 9.17) is 9.88 Å². The number of carbonyl (C=O) groups excluding carboxylic acids is 1. The zero-order chi connectivity index (χ0) is 18.0. The van der Waals surface area contributed by atoms with Gasteiger partial charge in [0.15, 0.2) is 0 Å². The van der Waals surface area contributed by atoms with Crippen molar-refractivity contribution >= 4 is 33.3 Å². The van der Waals surface area contributed by atoms with Crippen LogP contribution in [0.1, 0.15) is 11.1 Å². The average molecular weight is 356 g/mol. The van der Waals surface area contributed by atoms with Gasteiger partial charge in [-0.2, -0.15) is 0 Å². The lowest BCUT2D eigenvalue weighted by Gasteiger charge is -2.08. The standard InChI is InChI=1S/C18H16N2O4S/c1-2-9-24-17-6-4-3-5-12(17)10-15-14-11-13(25(19,22)23)7-8-16(14)20-18(15)21/h2-8,10-11H,1,9H2,(H,20,21)(H2,19,22,23)/b15-10+. The Hall–Kier alpha value is -2.90. The second kappa shape index (κ2) is 6.54. The van der Waals surface area contributed by atoms with E-state index in [1.807, 2.05) is 12.1 Å². The molecule has 3 N–H and O–H groups in total. The van der Waals surface area contributed by atoms with Crippen LogP contribution in [0.15, 0.2) is 60.0 Å². The summed E-state index contributed by atoms with van der Waals surface area (Å²) in [5.74, 6) is 0.277. The normalized spacial score (nSPS) is 14.9. The van der Waals surface area contributed by atoms with Crippen molar-refractivity contribution in [2.75, 3.05) is 11.9 Å². The Morgan fingerprint density at radius 1 is 1.20 bits per heavy atom. The number of hydrogen-bond donors (Lipinski definition) is 2. The molecule has 0 unspecified atom stereocenters. The molecule has 3 rings (SSSR count). The fourth-order valence-electron chi connectivity index (χ4n) is 2.52. The third-order valence-electron chi connectivity index (χ3n) is 3.68. The first kappa shape index (κ1) is 16.9. The van der Waals surface area contributed by atoms with E-state index in [1.165, 1.54) is 18.2 Å². The molecule has 1 amide bonds. The summed E-state index contributed by atoms with van der Waals surface area (Å²) in [7, 11) is -3.86. The van der Waals surface area contributed by atoms with Crippen molar-refractivity contribution < 1.29 is 17.9 Å². The van der Waals surface area contributed by atoms with Crippen LogP contribution in [0, 0.1) is 0 Å². The van der Waals surface area contributed by atoms with Crippen molar-refractivity contribution in [1.29, 1.82) is 0 Å². The molecule has 25 heavy (non-hydrogen) atoms. The van der Waals surface area contributed by atoms with Crippen LogP contribution in [0.5, 0.6) is 5.75 Å². The monoisotopic (exact) mass is 356 g/mol. The Kier molecular flexibility index (Phi) is 4.43. The van der Waals surface area contributed by atoms with E-state index < -0.39 is 10.0 Å². The molecule has 0 spiro atoms. The lowest BCUT2D eigenvalue weighted by atomic mass is 10.0. The van der Waals surface area contributed by atoms with E-state index in [2.05, 4.69) is 11.9 Å². The summed E-state index contributed by atoms with van der Waals surface area (Å²) in [4.78, 5) is 12.3. The number of para-hydroxylation sites is 1. The van der Waals surface area contributed by atoms with Crippen molar-refractivity contribution in [2.45, 2.75) is 4.90 Å². The number of rotatable bonds is 5. The van der Waals surface area contributed by atoms with Crippen LogP contribution in [0.2, 0.25) is 0 Å². The maximum absolute atomic E-state index is 12.3. The molecule has 0 fully saturated rings. The minimum atomic E-state index is -3.86. The van der Waals surface area contributed by atoms with Gasteiger partial charge in [-0.3, -0.25) is 4.79 Å². The number of anilines is 1. The van der Waals surface area contributed by atoms with Gasteiger partial charge < -0.3 is 10.1 Å². The molecule has 0 saturated heterocycles. The number of sulfonamides is 1. The van der Waals surface area contributed by atoms with Crippen molar-refractivity contribution in [1.82, 2.24) is 0 Å². The SMILES string of the molecule is C=CCOc1ccccc1/C=C1/C(=O)Nc2ccc(S(N)(=O)=O)cc21.